The summed E-state index contributed by atoms with van der Waals surface area (Å²) in [7, 11) is 7.23. The Balaban J connectivity index is 1.49. The number of hydrogen-bond acceptors (Lipinski definition) is 7. The maximum atomic E-state index is 13.2. The molecule has 166 valence electrons. The maximum absolute atomic E-state index is 13.2. The molecule has 0 spiro atoms. The van der Waals surface area contributed by atoms with Crippen molar-refractivity contribution in [3.63, 3.8) is 0 Å². The molecule has 1 amide bonds. The molecule has 1 aliphatic heterocycles. The minimum absolute atomic E-state index is 0.271. The first-order valence-electron chi connectivity index (χ1n) is 10.5. The summed E-state index contributed by atoms with van der Waals surface area (Å²) < 4.78 is 8.81. The van der Waals surface area contributed by atoms with Crippen LogP contribution in [0, 0.1) is 0 Å². The predicted molar refractivity (Wildman–Crippen MR) is 123 cm³/mol. The molecule has 10 heteroatoms. The molecule has 5 rings (SSSR count). The number of anilines is 2. The zero-order valence-corrected chi connectivity index (χ0v) is 18.6. The molecule has 0 aliphatic carbocycles. The van der Waals surface area contributed by atoms with Crippen LogP contribution >= 0.6 is 0 Å². The van der Waals surface area contributed by atoms with Crippen LogP contribution in [0.2, 0.25) is 0 Å². The van der Waals surface area contributed by atoms with E-state index in [2.05, 4.69) is 30.7 Å². The van der Waals surface area contributed by atoms with Crippen molar-refractivity contribution in [2.45, 2.75) is 12.5 Å². The molecule has 1 aliphatic rings. The summed E-state index contributed by atoms with van der Waals surface area (Å²) in [6.07, 6.45) is 4.91. The molecule has 10 nitrogen and oxygen atoms in total. The highest BCUT2D eigenvalue weighted by Crippen LogP contribution is 2.32. The van der Waals surface area contributed by atoms with E-state index in [1.165, 1.54) is 7.11 Å². The highest BCUT2D eigenvalue weighted by atomic mass is 16.5. The van der Waals surface area contributed by atoms with Crippen molar-refractivity contribution < 1.29 is 9.53 Å². The SMILES string of the molecule is CN[C@@H]1CCN(c2ccc(C(=O)Nc3cc4cn(C)nc4c(OC)n3)c3nn(C)cc23)C1. The molecule has 2 N–H and O–H groups in total. The fourth-order valence-electron chi connectivity index (χ4n) is 4.39. The second-order valence-electron chi connectivity index (χ2n) is 8.13. The molecule has 32 heavy (non-hydrogen) atoms. The molecule has 0 bridgehead atoms. The van der Waals surface area contributed by atoms with Crippen molar-refractivity contribution in [1.82, 2.24) is 29.9 Å². The minimum Gasteiger partial charge on any atom is -0.479 e. The van der Waals surface area contributed by atoms with Crippen LogP contribution in [-0.4, -0.2) is 63.7 Å². The highest BCUT2D eigenvalue weighted by molar-refractivity contribution is 6.14. The fourth-order valence-corrected chi connectivity index (χ4v) is 4.39. The summed E-state index contributed by atoms with van der Waals surface area (Å²) in [5, 5.41) is 17.0. The van der Waals surface area contributed by atoms with Crippen LogP contribution in [0.15, 0.2) is 30.6 Å². The van der Waals surface area contributed by atoms with E-state index in [9.17, 15) is 4.79 Å². The number of pyridine rings is 1. The predicted octanol–water partition coefficient (Wildman–Crippen LogP) is 1.91. The summed E-state index contributed by atoms with van der Waals surface area (Å²) in [5.74, 6) is 0.495. The van der Waals surface area contributed by atoms with Crippen molar-refractivity contribution in [3.8, 4) is 5.88 Å². The van der Waals surface area contributed by atoms with E-state index in [4.69, 9.17) is 4.74 Å². The molecule has 1 saturated heterocycles. The molecule has 0 unspecified atom stereocenters. The molecule has 0 radical (unpaired) electrons. The number of aromatic nitrogens is 5. The monoisotopic (exact) mass is 434 g/mol. The van der Waals surface area contributed by atoms with Gasteiger partial charge in [0.15, 0.2) is 5.52 Å². The van der Waals surface area contributed by atoms with Crippen molar-refractivity contribution in [1.29, 1.82) is 0 Å². The van der Waals surface area contributed by atoms with E-state index in [0.29, 0.717) is 34.3 Å². The average molecular weight is 435 g/mol. The third-order valence-corrected chi connectivity index (χ3v) is 5.96. The van der Waals surface area contributed by atoms with Gasteiger partial charge in [0.25, 0.3) is 5.91 Å². The van der Waals surface area contributed by atoms with E-state index in [0.717, 1.165) is 36.0 Å². The number of methoxy groups -OCH3 is 1. The quantitative estimate of drug-likeness (QED) is 0.495. The number of ether oxygens (including phenoxy) is 1. The lowest BCUT2D eigenvalue weighted by Crippen LogP contribution is -2.29. The molecule has 0 saturated carbocycles. The molecule has 3 aromatic heterocycles. The van der Waals surface area contributed by atoms with E-state index >= 15 is 0 Å². The number of nitrogens with zero attached hydrogens (tertiary/aromatic N) is 6. The summed E-state index contributed by atoms with van der Waals surface area (Å²) in [5.41, 5.74) is 2.92. The molecule has 1 atom stereocenters. The Hall–Kier alpha value is -3.66. The van der Waals surface area contributed by atoms with Gasteiger partial charge in [-0.3, -0.25) is 14.2 Å². The van der Waals surface area contributed by atoms with Crippen LogP contribution < -0.4 is 20.3 Å². The molecule has 1 fully saturated rings. The van der Waals surface area contributed by atoms with Crippen LogP contribution in [-0.2, 0) is 14.1 Å². The zero-order valence-electron chi connectivity index (χ0n) is 18.6. The molecular weight excluding hydrogens is 408 g/mol. The lowest BCUT2D eigenvalue weighted by Gasteiger charge is -2.20. The number of aryl methyl sites for hydroxylation is 2. The second-order valence-corrected chi connectivity index (χ2v) is 8.13. The van der Waals surface area contributed by atoms with Gasteiger partial charge < -0.3 is 20.3 Å². The van der Waals surface area contributed by atoms with E-state index in [1.807, 2.05) is 45.7 Å². The number of hydrogen-bond donors (Lipinski definition) is 2. The summed E-state index contributed by atoms with van der Waals surface area (Å²) >= 11 is 0. The summed E-state index contributed by atoms with van der Waals surface area (Å²) in [6.45, 7) is 1.90. The van der Waals surface area contributed by atoms with Gasteiger partial charge in [-0.05, 0) is 31.7 Å². The van der Waals surface area contributed by atoms with Crippen LogP contribution in [0.3, 0.4) is 0 Å². The Kier molecular flexibility index (Phi) is 4.93. The standard InChI is InChI=1S/C22H26N8O2/c1-23-14-7-8-30(11-14)17-6-5-15(20-16(17)12-29(3)27-20)21(31)24-18-9-13-10-28(2)26-19(13)22(25-18)32-4/h5-6,9-10,12,14,23H,7-8,11H2,1-4H3,(H,24,31)/t14-/m1/s1. The highest BCUT2D eigenvalue weighted by Gasteiger charge is 2.25. The van der Waals surface area contributed by atoms with Gasteiger partial charge in [0.1, 0.15) is 11.3 Å². The number of carbonyl (C=O) groups is 1. The summed E-state index contributed by atoms with van der Waals surface area (Å²) in [4.78, 5) is 20.0. The van der Waals surface area contributed by atoms with Gasteiger partial charge in [0.2, 0.25) is 5.88 Å². The van der Waals surface area contributed by atoms with E-state index in [1.54, 1.807) is 15.4 Å². The lowest BCUT2D eigenvalue weighted by atomic mass is 10.1. The number of rotatable bonds is 5. The fraction of sp³-hybridized carbons (Fsp3) is 0.364. The number of carbonyl (C=O) groups excluding carboxylic acids is 1. The van der Waals surface area contributed by atoms with Crippen molar-refractivity contribution in [2.24, 2.45) is 14.1 Å². The van der Waals surface area contributed by atoms with E-state index < -0.39 is 0 Å². The summed E-state index contributed by atoms with van der Waals surface area (Å²) in [6, 6.07) is 6.10. The number of likely N-dealkylation sites (N-methyl/N-ethyl adjacent to an activating group) is 1. The van der Waals surface area contributed by atoms with Crippen LogP contribution in [0.5, 0.6) is 5.88 Å². The maximum Gasteiger partial charge on any atom is 0.259 e. The molecule has 4 aromatic rings. The van der Waals surface area contributed by atoms with Gasteiger partial charge in [0, 0.05) is 62.1 Å². The van der Waals surface area contributed by atoms with Crippen molar-refractivity contribution in [2.75, 3.05) is 37.5 Å². The number of benzene rings is 1. The third-order valence-electron chi connectivity index (χ3n) is 5.96. The third kappa shape index (κ3) is 3.42. The van der Waals surface area contributed by atoms with Gasteiger partial charge in [-0.15, -0.1) is 0 Å². The second kappa shape index (κ2) is 7.79. The van der Waals surface area contributed by atoms with Gasteiger partial charge >= 0.3 is 0 Å². The minimum atomic E-state index is -0.271. The molecule has 1 aromatic carbocycles. The zero-order chi connectivity index (χ0) is 22.4. The Bertz CT molecular complexity index is 1320. The Morgan fingerprint density at radius 2 is 1.94 bits per heavy atom. The first-order chi connectivity index (χ1) is 15.5. The van der Waals surface area contributed by atoms with Crippen molar-refractivity contribution in [3.05, 3.63) is 36.2 Å². The largest absolute Gasteiger partial charge is 0.479 e. The normalized spacial score (nSPS) is 16.2. The first-order valence-corrected chi connectivity index (χ1v) is 10.5. The van der Waals surface area contributed by atoms with E-state index in [-0.39, 0.29) is 5.91 Å². The number of amides is 1. The molecule has 4 heterocycles. The van der Waals surface area contributed by atoms with Gasteiger partial charge in [0.05, 0.1) is 12.7 Å². The Morgan fingerprint density at radius 1 is 1.16 bits per heavy atom. The Labute approximate surface area is 185 Å². The first kappa shape index (κ1) is 20.3. The van der Waals surface area contributed by atoms with Crippen LogP contribution in [0.1, 0.15) is 16.8 Å². The van der Waals surface area contributed by atoms with Crippen LogP contribution in [0.4, 0.5) is 11.5 Å². The van der Waals surface area contributed by atoms with Gasteiger partial charge in [-0.1, -0.05) is 0 Å². The van der Waals surface area contributed by atoms with Crippen LogP contribution in [0.25, 0.3) is 21.8 Å². The molecular formula is C22H26N8O2. The van der Waals surface area contributed by atoms with Crippen molar-refractivity contribution >= 4 is 39.2 Å². The smallest absolute Gasteiger partial charge is 0.259 e. The average Bonchev–Trinajstić information content (AvgIpc) is 3.49. The lowest BCUT2D eigenvalue weighted by molar-refractivity contribution is 0.102. The van der Waals surface area contributed by atoms with Gasteiger partial charge in [-0.2, -0.15) is 15.2 Å². The Morgan fingerprint density at radius 3 is 2.69 bits per heavy atom. The topological polar surface area (TPSA) is 102 Å². The number of fused-ring (bicyclic) bond motifs is 2. The van der Waals surface area contributed by atoms with Gasteiger partial charge in [-0.25, -0.2) is 0 Å². The number of nitrogens with one attached hydrogen (secondary N) is 2.